The van der Waals surface area contributed by atoms with Crippen LogP contribution in [0.5, 0.6) is 0 Å². The summed E-state index contributed by atoms with van der Waals surface area (Å²) in [5, 5.41) is 0. The van der Waals surface area contributed by atoms with Gasteiger partial charge in [0.1, 0.15) is 0 Å². The summed E-state index contributed by atoms with van der Waals surface area (Å²) in [6.07, 6.45) is 7.30. The van der Waals surface area contributed by atoms with E-state index in [1.807, 2.05) is 24.7 Å². The number of nitrogens with two attached hydrogens (primary N) is 1. The fourth-order valence-electron chi connectivity index (χ4n) is 2.03. The van der Waals surface area contributed by atoms with Crippen molar-refractivity contribution < 1.29 is 0 Å². The van der Waals surface area contributed by atoms with Gasteiger partial charge in [0.25, 0.3) is 0 Å². The first-order valence-corrected chi connectivity index (χ1v) is 5.86. The van der Waals surface area contributed by atoms with Crippen molar-refractivity contribution in [2.24, 2.45) is 11.7 Å². The van der Waals surface area contributed by atoms with E-state index in [9.17, 15) is 0 Å². The molecule has 2 aromatic rings. The van der Waals surface area contributed by atoms with Gasteiger partial charge in [-0.3, -0.25) is 4.98 Å². The van der Waals surface area contributed by atoms with Crippen LogP contribution in [-0.2, 0) is 0 Å². The lowest BCUT2D eigenvalue weighted by molar-refractivity contribution is 0.490. The molecule has 4 heteroatoms. The molecule has 2 N–H and O–H groups in total. The fourth-order valence-corrected chi connectivity index (χ4v) is 2.03. The minimum Gasteiger partial charge on any atom is -0.330 e. The van der Waals surface area contributed by atoms with Crippen molar-refractivity contribution in [3.8, 4) is 5.69 Å². The van der Waals surface area contributed by atoms with Gasteiger partial charge in [-0.2, -0.15) is 0 Å². The Kier molecular flexibility index (Phi) is 3.54. The highest BCUT2D eigenvalue weighted by atomic mass is 15.1. The van der Waals surface area contributed by atoms with Gasteiger partial charge in [-0.1, -0.05) is 13.8 Å². The third kappa shape index (κ3) is 2.36. The molecule has 0 spiro atoms. The summed E-state index contributed by atoms with van der Waals surface area (Å²) < 4.78 is 2.08. The molecule has 1 atom stereocenters. The van der Waals surface area contributed by atoms with Crippen molar-refractivity contribution in [2.45, 2.75) is 19.8 Å². The number of imidazole rings is 1. The molecule has 90 valence electrons. The first-order valence-electron chi connectivity index (χ1n) is 5.86. The van der Waals surface area contributed by atoms with Crippen LogP contribution in [0.2, 0.25) is 0 Å². The summed E-state index contributed by atoms with van der Waals surface area (Å²) in [7, 11) is 0. The minimum absolute atomic E-state index is 0.325. The second-order valence-electron chi connectivity index (χ2n) is 4.48. The lowest BCUT2D eigenvalue weighted by Gasteiger charge is -2.20. The summed E-state index contributed by atoms with van der Waals surface area (Å²) in [6, 6.07) is 3.94. The van der Waals surface area contributed by atoms with Crippen LogP contribution in [0.25, 0.3) is 5.69 Å². The Hall–Kier alpha value is -1.68. The lowest BCUT2D eigenvalue weighted by atomic mass is 9.93. The quantitative estimate of drug-likeness (QED) is 0.873. The molecule has 2 aromatic heterocycles. The van der Waals surface area contributed by atoms with Crippen LogP contribution in [0.15, 0.2) is 37.1 Å². The van der Waals surface area contributed by atoms with Gasteiger partial charge in [-0.15, -0.1) is 0 Å². The zero-order valence-electron chi connectivity index (χ0n) is 10.2. The van der Waals surface area contributed by atoms with Crippen LogP contribution in [-0.4, -0.2) is 21.1 Å². The van der Waals surface area contributed by atoms with Gasteiger partial charge in [-0.05, 0) is 18.1 Å². The van der Waals surface area contributed by atoms with E-state index in [-0.39, 0.29) is 0 Å². The molecule has 2 rings (SSSR count). The Labute approximate surface area is 102 Å². The number of hydrogen-bond donors (Lipinski definition) is 1. The van der Waals surface area contributed by atoms with Gasteiger partial charge in [0.2, 0.25) is 0 Å². The summed E-state index contributed by atoms with van der Waals surface area (Å²) in [5.74, 6) is 0.822. The summed E-state index contributed by atoms with van der Waals surface area (Å²) >= 11 is 0. The second-order valence-corrected chi connectivity index (χ2v) is 4.48. The number of aromatic nitrogens is 3. The topological polar surface area (TPSA) is 56.7 Å². The van der Waals surface area contributed by atoms with Gasteiger partial charge in [0.15, 0.2) is 0 Å². The summed E-state index contributed by atoms with van der Waals surface area (Å²) in [5.41, 5.74) is 8.09. The molecule has 0 radical (unpaired) electrons. The standard InChI is InChI=1S/C13H18N4/c1-10(2)12(7-14)13-8-16-9-17(13)11-3-5-15-6-4-11/h3-6,8-10,12H,7,14H2,1-2H3. The van der Waals surface area contributed by atoms with Crippen molar-refractivity contribution in [2.75, 3.05) is 6.54 Å². The van der Waals surface area contributed by atoms with Gasteiger partial charge >= 0.3 is 0 Å². The normalized spacial score (nSPS) is 12.9. The van der Waals surface area contributed by atoms with E-state index in [4.69, 9.17) is 5.73 Å². The molecule has 0 saturated carbocycles. The first kappa shape index (κ1) is 11.8. The van der Waals surface area contributed by atoms with Crippen molar-refractivity contribution in [1.82, 2.24) is 14.5 Å². The van der Waals surface area contributed by atoms with E-state index in [1.165, 1.54) is 0 Å². The fraction of sp³-hybridized carbons (Fsp3) is 0.385. The van der Waals surface area contributed by atoms with Crippen molar-refractivity contribution in [3.05, 3.63) is 42.7 Å². The molecule has 0 bridgehead atoms. The maximum atomic E-state index is 5.86. The molecule has 0 aliphatic heterocycles. The average molecular weight is 230 g/mol. The van der Waals surface area contributed by atoms with Crippen LogP contribution in [0.4, 0.5) is 0 Å². The molecular formula is C13H18N4. The maximum Gasteiger partial charge on any atom is 0.0994 e. The van der Waals surface area contributed by atoms with E-state index in [1.54, 1.807) is 12.4 Å². The van der Waals surface area contributed by atoms with E-state index >= 15 is 0 Å². The zero-order valence-corrected chi connectivity index (χ0v) is 10.2. The van der Waals surface area contributed by atoms with Gasteiger partial charge in [0.05, 0.1) is 6.33 Å². The number of hydrogen-bond acceptors (Lipinski definition) is 3. The van der Waals surface area contributed by atoms with Crippen LogP contribution >= 0.6 is 0 Å². The largest absolute Gasteiger partial charge is 0.330 e. The Bertz CT molecular complexity index is 461. The van der Waals surface area contributed by atoms with Gasteiger partial charge in [0, 0.05) is 42.4 Å². The van der Waals surface area contributed by atoms with Crippen molar-refractivity contribution in [1.29, 1.82) is 0 Å². The Balaban J connectivity index is 2.41. The highest BCUT2D eigenvalue weighted by Gasteiger charge is 2.18. The molecule has 0 aliphatic carbocycles. The number of rotatable bonds is 4. The molecular weight excluding hydrogens is 212 g/mol. The number of nitrogens with zero attached hydrogens (tertiary/aromatic N) is 3. The highest BCUT2D eigenvalue weighted by molar-refractivity contribution is 5.32. The predicted octanol–water partition coefficient (Wildman–Crippen LogP) is 1.97. The number of pyridine rings is 1. The van der Waals surface area contributed by atoms with E-state index in [2.05, 4.69) is 28.4 Å². The van der Waals surface area contributed by atoms with Crippen molar-refractivity contribution >= 4 is 0 Å². The van der Waals surface area contributed by atoms with E-state index in [0.717, 1.165) is 11.4 Å². The summed E-state index contributed by atoms with van der Waals surface area (Å²) in [4.78, 5) is 8.26. The monoisotopic (exact) mass is 230 g/mol. The van der Waals surface area contributed by atoms with Crippen LogP contribution in [0.1, 0.15) is 25.5 Å². The predicted molar refractivity (Wildman–Crippen MR) is 68.0 cm³/mol. The van der Waals surface area contributed by atoms with E-state index < -0.39 is 0 Å². The smallest absolute Gasteiger partial charge is 0.0994 e. The summed E-state index contributed by atoms with van der Waals surface area (Å²) in [6.45, 7) is 5.00. The second kappa shape index (κ2) is 5.10. The molecule has 0 aliphatic rings. The molecule has 0 aromatic carbocycles. The molecule has 17 heavy (non-hydrogen) atoms. The average Bonchev–Trinajstić information content (AvgIpc) is 2.80. The van der Waals surface area contributed by atoms with Crippen LogP contribution in [0.3, 0.4) is 0 Å². The Morgan fingerprint density at radius 1 is 1.24 bits per heavy atom. The van der Waals surface area contributed by atoms with Crippen LogP contribution in [0, 0.1) is 5.92 Å². The molecule has 0 fully saturated rings. The van der Waals surface area contributed by atoms with Gasteiger partial charge < -0.3 is 10.3 Å². The maximum absolute atomic E-state index is 5.86. The third-order valence-corrected chi connectivity index (χ3v) is 3.05. The Morgan fingerprint density at radius 3 is 2.53 bits per heavy atom. The van der Waals surface area contributed by atoms with Crippen molar-refractivity contribution in [3.63, 3.8) is 0 Å². The first-order chi connectivity index (χ1) is 8.24. The highest BCUT2D eigenvalue weighted by Crippen LogP contribution is 2.25. The van der Waals surface area contributed by atoms with Crippen LogP contribution < -0.4 is 5.73 Å². The zero-order chi connectivity index (χ0) is 12.3. The lowest BCUT2D eigenvalue weighted by Crippen LogP contribution is -2.20. The SMILES string of the molecule is CC(C)C(CN)c1cncn1-c1ccncc1. The molecule has 2 heterocycles. The molecule has 4 nitrogen and oxygen atoms in total. The molecule has 1 unspecified atom stereocenters. The van der Waals surface area contributed by atoms with Gasteiger partial charge in [-0.25, -0.2) is 4.98 Å². The Morgan fingerprint density at radius 2 is 1.94 bits per heavy atom. The molecule has 0 amide bonds. The molecule has 0 saturated heterocycles. The van der Waals surface area contributed by atoms with E-state index in [0.29, 0.717) is 18.4 Å². The third-order valence-electron chi connectivity index (χ3n) is 3.05. The minimum atomic E-state index is 0.325.